The van der Waals surface area contributed by atoms with Crippen LogP contribution in [-0.4, -0.2) is 22.8 Å². The molecule has 0 saturated heterocycles. The predicted molar refractivity (Wildman–Crippen MR) is 49.6 cm³/mol. The smallest absolute Gasteiger partial charge is 0.374 e. The largest absolute Gasteiger partial charge is 0.391 e. The Kier molecular flexibility index (Phi) is 4.83. The molecule has 0 aliphatic rings. The van der Waals surface area contributed by atoms with E-state index in [0.717, 1.165) is 0 Å². The van der Waals surface area contributed by atoms with Gasteiger partial charge in [0, 0.05) is 4.43 Å². The SMILES string of the molecule is CC(C)(CI)OCCC(F)(F)F. The molecule has 0 aromatic carbocycles. The summed E-state index contributed by atoms with van der Waals surface area (Å²) in [6.07, 6.45) is -4.98. The number of ether oxygens (including phenoxy) is 1. The molecule has 0 radical (unpaired) electrons. The summed E-state index contributed by atoms with van der Waals surface area (Å²) in [5.74, 6) is 0. The lowest BCUT2D eigenvalue weighted by atomic mass is 10.2. The van der Waals surface area contributed by atoms with Crippen LogP contribution in [0.5, 0.6) is 0 Å². The van der Waals surface area contributed by atoms with Crippen LogP contribution in [-0.2, 0) is 4.74 Å². The van der Waals surface area contributed by atoms with Crippen molar-refractivity contribution in [2.24, 2.45) is 0 Å². The first kappa shape index (κ1) is 12.5. The minimum atomic E-state index is -4.11. The van der Waals surface area contributed by atoms with Crippen LogP contribution in [0.25, 0.3) is 0 Å². The van der Waals surface area contributed by atoms with Gasteiger partial charge in [0.25, 0.3) is 0 Å². The Morgan fingerprint density at radius 1 is 1.25 bits per heavy atom. The average molecular weight is 296 g/mol. The van der Waals surface area contributed by atoms with Crippen LogP contribution in [0.15, 0.2) is 0 Å². The van der Waals surface area contributed by atoms with E-state index in [2.05, 4.69) is 22.6 Å². The summed E-state index contributed by atoms with van der Waals surface area (Å²) in [7, 11) is 0. The third kappa shape index (κ3) is 7.15. The quantitative estimate of drug-likeness (QED) is 0.572. The van der Waals surface area contributed by atoms with Gasteiger partial charge in [-0.25, -0.2) is 0 Å². The van der Waals surface area contributed by atoms with Crippen molar-refractivity contribution in [2.45, 2.75) is 32.0 Å². The summed E-state index contributed by atoms with van der Waals surface area (Å²) in [5.41, 5.74) is -0.453. The van der Waals surface area contributed by atoms with E-state index < -0.39 is 18.2 Å². The van der Waals surface area contributed by atoms with Crippen LogP contribution < -0.4 is 0 Å². The van der Waals surface area contributed by atoms with Crippen molar-refractivity contribution >= 4 is 22.6 Å². The Morgan fingerprint density at radius 3 is 2.08 bits per heavy atom. The molecule has 0 aromatic rings. The fourth-order valence-corrected chi connectivity index (χ4v) is 0.702. The second kappa shape index (κ2) is 4.64. The summed E-state index contributed by atoms with van der Waals surface area (Å²) in [4.78, 5) is 0. The lowest BCUT2D eigenvalue weighted by Crippen LogP contribution is -2.28. The molecule has 0 heterocycles. The third-order valence-corrected chi connectivity index (χ3v) is 3.04. The minimum absolute atomic E-state index is 0.250. The van der Waals surface area contributed by atoms with Crippen molar-refractivity contribution in [1.29, 1.82) is 0 Å². The van der Waals surface area contributed by atoms with Gasteiger partial charge in [-0.2, -0.15) is 13.2 Å². The highest BCUT2D eigenvalue weighted by Crippen LogP contribution is 2.21. The molecule has 0 amide bonds. The first-order valence-corrected chi connectivity index (χ1v) is 5.06. The fraction of sp³-hybridized carbons (Fsp3) is 1.00. The third-order valence-electron chi connectivity index (χ3n) is 1.20. The molecular formula is C7H12F3IO. The average Bonchev–Trinajstić information content (AvgIpc) is 1.84. The van der Waals surface area contributed by atoms with E-state index in [1.807, 2.05) is 0 Å². The molecule has 1 nitrogen and oxygen atoms in total. The lowest BCUT2D eigenvalue weighted by Gasteiger charge is -2.22. The maximum atomic E-state index is 11.7. The van der Waals surface area contributed by atoms with Gasteiger partial charge < -0.3 is 4.74 Å². The van der Waals surface area contributed by atoms with Crippen LogP contribution >= 0.6 is 22.6 Å². The van der Waals surface area contributed by atoms with Crippen molar-refractivity contribution in [2.75, 3.05) is 11.0 Å². The molecule has 0 saturated carbocycles. The topological polar surface area (TPSA) is 9.23 Å². The Hall–Kier alpha value is 0.480. The van der Waals surface area contributed by atoms with E-state index in [9.17, 15) is 13.2 Å². The van der Waals surface area contributed by atoms with Gasteiger partial charge in [0.05, 0.1) is 18.6 Å². The second-order valence-electron chi connectivity index (χ2n) is 3.11. The van der Waals surface area contributed by atoms with Crippen LogP contribution in [0.2, 0.25) is 0 Å². The molecule has 12 heavy (non-hydrogen) atoms. The highest BCUT2D eigenvalue weighted by atomic mass is 127. The minimum Gasteiger partial charge on any atom is -0.374 e. The van der Waals surface area contributed by atoms with E-state index >= 15 is 0 Å². The number of hydrogen-bond donors (Lipinski definition) is 0. The van der Waals surface area contributed by atoms with Crippen LogP contribution in [0, 0.1) is 0 Å². The fourth-order valence-electron chi connectivity index (χ4n) is 0.482. The zero-order valence-corrected chi connectivity index (χ0v) is 9.20. The molecule has 0 aliphatic heterocycles. The number of hydrogen-bond acceptors (Lipinski definition) is 1. The Morgan fingerprint density at radius 2 is 1.75 bits per heavy atom. The maximum absolute atomic E-state index is 11.7. The number of halogens is 4. The molecule has 0 fully saturated rings. The van der Waals surface area contributed by atoms with Crippen molar-refractivity contribution in [3.05, 3.63) is 0 Å². The van der Waals surface area contributed by atoms with Crippen molar-refractivity contribution in [3.63, 3.8) is 0 Å². The van der Waals surface area contributed by atoms with Gasteiger partial charge in [0.2, 0.25) is 0 Å². The maximum Gasteiger partial charge on any atom is 0.391 e. The normalized spacial score (nSPS) is 13.5. The second-order valence-corrected chi connectivity index (χ2v) is 3.87. The van der Waals surface area contributed by atoms with Crippen LogP contribution in [0.4, 0.5) is 13.2 Å². The lowest BCUT2D eigenvalue weighted by molar-refractivity contribution is -0.153. The molecule has 74 valence electrons. The van der Waals surface area contributed by atoms with E-state index in [-0.39, 0.29) is 6.61 Å². The van der Waals surface area contributed by atoms with Gasteiger partial charge in [-0.05, 0) is 13.8 Å². The molecule has 0 atom stereocenters. The van der Waals surface area contributed by atoms with Gasteiger partial charge in [-0.3, -0.25) is 0 Å². The van der Waals surface area contributed by atoms with Crippen LogP contribution in [0.3, 0.4) is 0 Å². The van der Waals surface area contributed by atoms with E-state index in [1.54, 1.807) is 13.8 Å². The van der Waals surface area contributed by atoms with Crippen molar-refractivity contribution < 1.29 is 17.9 Å². The molecule has 0 bridgehead atoms. The standard InChI is InChI=1S/C7H12F3IO/c1-6(2,5-11)12-4-3-7(8,9)10/h3-5H2,1-2H3. The molecule has 0 spiro atoms. The van der Waals surface area contributed by atoms with Crippen molar-refractivity contribution in [1.82, 2.24) is 0 Å². The summed E-state index contributed by atoms with van der Waals surface area (Å²) in [5, 5.41) is 0. The van der Waals surface area contributed by atoms with E-state index in [1.165, 1.54) is 0 Å². The summed E-state index contributed by atoms with van der Waals surface area (Å²) < 4.78 is 40.7. The molecule has 0 unspecified atom stereocenters. The molecule has 0 aliphatic carbocycles. The van der Waals surface area contributed by atoms with Gasteiger partial charge in [0.15, 0.2) is 0 Å². The molecule has 5 heteroatoms. The highest BCUT2D eigenvalue weighted by molar-refractivity contribution is 14.1. The zero-order chi connectivity index (χ0) is 9.83. The Labute approximate surface area is 83.8 Å². The summed E-state index contributed by atoms with van der Waals surface area (Å²) in [6, 6.07) is 0. The monoisotopic (exact) mass is 296 g/mol. The van der Waals surface area contributed by atoms with E-state index in [4.69, 9.17) is 4.74 Å². The molecule has 0 N–H and O–H groups in total. The summed E-state index contributed by atoms with van der Waals surface area (Å²) >= 11 is 2.08. The number of alkyl halides is 4. The Bertz CT molecular complexity index is 133. The summed E-state index contributed by atoms with van der Waals surface area (Å²) in [6.45, 7) is 3.30. The zero-order valence-electron chi connectivity index (χ0n) is 7.04. The van der Waals surface area contributed by atoms with E-state index in [0.29, 0.717) is 4.43 Å². The molecule has 0 rings (SSSR count). The number of rotatable bonds is 4. The van der Waals surface area contributed by atoms with Gasteiger partial charge in [-0.15, -0.1) is 0 Å². The predicted octanol–water partition coefficient (Wildman–Crippen LogP) is 3.17. The Balaban J connectivity index is 3.57. The van der Waals surface area contributed by atoms with Crippen LogP contribution in [0.1, 0.15) is 20.3 Å². The molecular weight excluding hydrogens is 284 g/mol. The van der Waals surface area contributed by atoms with Crippen molar-refractivity contribution in [3.8, 4) is 0 Å². The molecule has 0 aromatic heterocycles. The highest BCUT2D eigenvalue weighted by Gasteiger charge is 2.28. The first-order chi connectivity index (χ1) is 5.27. The van der Waals surface area contributed by atoms with Gasteiger partial charge in [0.1, 0.15) is 0 Å². The van der Waals surface area contributed by atoms with Gasteiger partial charge >= 0.3 is 6.18 Å². The first-order valence-electron chi connectivity index (χ1n) is 3.53. The van der Waals surface area contributed by atoms with Gasteiger partial charge in [-0.1, -0.05) is 22.6 Å².